The molecule has 1 aliphatic rings. The van der Waals surface area contributed by atoms with E-state index in [0.717, 1.165) is 12.8 Å². The normalized spacial score (nSPS) is 16.7. The molecule has 1 fully saturated rings. The Morgan fingerprint density at radius 2 is 2.08 bits per heavy atom. The van der Waals surface area contributed by atoms with Gasteiger partial charge in [-0.25, -0.2) is 9.97 Å². The van der Waals surface area contributed by atoms with E-state index in [1.165, 1.54) is 5.56 Å². The van der Waals surface area contributed by atoms with Crippen LogP contribution < -0.4 is 11.1 Å². The molecule has 0 radical (unpaired) electrons. The Balaban J connectivity index is 1.50. The van der Waals surface area contributed by atoms with Crippen molar-refractivity contribution in [3.63, 3.8) is 0 Å². The number of rotatable bonds is 6. The summed E-state index contributed by atoms with van der Waals surface area (Å²) in [5.41, 5.74) is 7.71. The van der Waals surface area contributed by atoms with Crippen molar-refractivity contribution in [1.82, 2.24) is 20.2 Å². The van der Waals surface area contributed by atoms with Crippen LogP contribution in [0.5, 0.6) is 0 Å². The van der Waals surface area contributed by atoms with Crippen LogP contribution in [0, 0.1) is 6.92 Å². The quantitative estimate of drug-likeness (QED) is 0.816. The van der Waals surface area contributed by atoms with Crippen molar-refractivity contribution in [2.45, 2.75) is 32.2 Å². The molecule has 1 aliphatic heterocycles. The number of hydrogen-bond acceptors (Lipinski definition) is 5. The fraction of sp³-hybridized carbons (Fsp3) is 0.368. The van der Waals surface area contributed by atoms with E-state index < -0.39 is 0 Å². The molecule has 7 heteroatoms. The van der Waals surface area contributed by atoms with Gasteiger partial charge in [0.15, 0.2) is 0 Å². The van der Waals surface area contributed by atoms with E-state index in [4.69, 9.17) is 5.73 Å². The second-order valence-corrected chi connectivity index (χ2v) is 6.56. The minimum absolute atomic E-state index is 0.0696. The van der Waals surface area contributed by atoms with Gasteiger partial charge in [-0.3, -0.25) is 9.59 Å². The van der Waals surface area contributed by atoms with Gasteiger partial charge in [-0.2, -0.15) is 0 Å². The molecular weight excluding hydrogens is 330 g/mol. The SMILES string of the molecule is Cc1cc(C(=O)NC2CC(=O)N(CCCc3ccccc3)C2)nc(N)n1. The number of carbonyl (C=O) groups excluding carboxylic acids is 2. The summed E-state index contributed by atoms with van der Waals surface area (Å²) in [5.74, 6) is -0.187. The first-order valence-electron chi connectivity index (χ1n) is 8.75. The Kier molecular flexibility index (Phi) is 5.46. The van der Waals surface area contributed by atoms with E-state index in [-0.39, 0.29) is 29.5 Å². The zero-order valence-corrected chi connectivity index (χ0v) is 14.8. The molecule has 3 N–H and O–H groups in total. The van der Waals surface area contributed by atoms with Crippen LogP contribution in [0.1, 0.15) is 34.6 Å². The predicted octanol–water partition coefficient (Wildman–Crippen LogP) is 1.33. The number of aryl methyl sites for hydroxylation is 2. The molecule has 1 aromatic carbocycles. The zero-order chi connectivity index (χ0) is 18.5. The molecule has 3 rings (SSSR count). The Morgan fingerprint density at radius 1 is 1.31 bits per heavy atom. The van der Waals surface area contributed by atoms with Gasteiger partial charge in [0.2, 0.25) is 11.9 Å². The molecule has 0 aliphatic carbocycles. The van der Waals surface area contributed by atoms with Crippen LogP contribution in [0.25, 0.3) is 0 Å². The smallest absolute Gasteiger partial charge is 0.270 e. The summed E-state index contributed by atoms with van der Waals surface area (Å²) in [5, 5.41) is 2.87. The van der Waals surface area contributed by atoms with Crippen molar-refractivity contribution in [3.05, 3.63) is 53.3 Å². The number of hydrogen-bond donors (Lipinski definition) is 2. The summed E-state index contributed by atoms with van der Waals surface area (Å²) in [4.78, 5) is 34.2. The Bertz CT molecular complexity index is 774. The topological polar surface area (TPSA) is 101 Å². The van der Waals surface area contributed by atoms with E-state index in [1.807, 2.05) is 23.1 Å². The van der Waals surface area contributed by atoms with Crippen LogP contribution in [-0.4, -0.2) is 45.8 Å². The third kappa shape index (κ3) is 4.56. The highest BCUT2D eigenvalue weighted by Crippen LogP contribution is 2.14. The lowest BCUT2D eigenvalue weighted by Gasteiger charge is -2.17. The van der Waals surface area contributed by atoms with Crippen LogP contribution in [0.2, 0.25) is 0 Å². The number of aromatic nitrogens is 2. The van der Waals surface area contributed by atoms with Crippen molar-refractivity contribution in [3.8, 4) is 0 Å². The van der Waals surface area contributed by atoms with Gasteiger partial charge in [-0.05, 0) is 31.4 Å². The zero-order valence-electron chi connectivity index (χ0n) is 14.8. The second-order valence-electron chi connectivity index (χ2n) is 6.56. The van der Waals surface area contributed by atoms with Crippen molar-refractivity contribution in [1.29, 1.82) is 0 Å². The lowest BCUT2D eigenvalue weighted by atomic mass is 10.1. The van der Waals surface area contributed by atoms with Gasteiger partial charge in [0.05, 0.1) is 6.04 Å². The fourth-order valence-electron chi connectivity index (χ4n) is 3.17. The summed E-state index contributed by atoms with van der Waals surface area (Å²) in [6.45, 7) is 2.97. The molecule has 26 heavy (non-hydrogen) atoms. The lowest BCUT2D eigenvalue weighted by molar-refractivity contribution is -0.127. The molecule has 0 spiro atoms. The van der Waals surface area contributed by atoms with Crippen LogP contribution in [0.3, 0.4) is 0 Å². The number of nitrogen functional groups attached to an aromatic ring is 1. The largest absolute Gasteiger partial charge is 0.368 e. The van der Waals surface area contributed by atoms with Crippen molar-refractivity contribution < 1.29 is 9.59 Å². The number of likely N-dealkylation sites (tertiary alicyclic amines) is 1. The van der Waals surface area contributed by atoms with E-state index in [9.17, 15) is 9.59 Å². The maximum atomic E-state index is 12.3. The van der Waals surface area contributed by atoms with E-state index in [2.05, 4.69) is 27.4 Å². The van der Waals surface area contributed by atoms with Gasteiger partial charge in [-0.15, -0.1) is 0 Å². The van der Waals surface area contributed by atoms with Gasteiger partial charge in [-0.1, -0.05) is 30.3 Å². The van der Waals surface area contributed by atoms with Crippen molar-refractivity contribution in [2.75, 3.05) is 18.8 Å². The molecule has 7 nitrogen and oxygen atoms in total. The first-order chi connectivity index (χ1) is 12.5. The Hall–Kier alpha value is -2.96. The number of anilines is 1. The van der Waals surface area contributed by atoms with E-state index >= 15 is 0 Å². The summed E-state index contributed by atoms with van der Waals surface area (Å²) in [6.07, 6.45) is 2.15. The molecule has 1 aromatic heterocycles. The molecule has 0 bridgehead atoms. The number of nitrogens with two attached hydrogens (primary N) is 1. The third-order valence-corrected chi connectivity index (χ3v) is 4.39. The van der Waals surface area contributed by atoms with E-state index in [1.54, 1.807) is 13.0 Å². The minimum atomic E-state index is -0.328. The highest BCUT2D eigenvalue weighted by molar-refractivity contribution is 5.93. The molecule has 1 atom stereocenters. The molecular formula is C19H23N5O2. The average molecular weight is 353 g/mol. The standard InChI is InChI=1S/C19H23N5O2/c1-13-10-16(23-19(20)21-13)18(26)22-15-11-17(25)24(12-15)9-5-8-14-6-3-2-4-7-14/h2-4,6-7,10,15H,5,8-9,11-12H2,1H3,(H,22,26)(H2,20,21,23). The molecule has 136 valence electrons. The summed E-state index contributed by atoms with van der Waals surface area (Å²) >= 11 is 0. The number of carbonyl (C=O) groups is 2. The molecule has 2 aromatic rings. The van der Waals surface area contributed by atoms with Gasteiger partial charge in [0.1, 0.15) is 5.69 Å². The second kappa shape index (κ2) is 7.95. The Labute approximate surface area is 152 Å². The van der Waals surface area contributed by atoms with Crippen LogP contribution in [-0.2, 0) is 11.2 Å². The monoisotopic (exact) mass is 353 g/mol. The lowest BCUT2D eigenvalue weighted by Crippen LogP contribution is -2.37. The number of nitrogens with one attached hydrogen (secondary N) is 1. The molecule has 1 unspecified atom stereocenters. The maximum absolute atomic E-state index is 12.3. The summed E-state index contributed by atoms with van der Waals surface area (Å²) in [7, 11) is 0. The predicted molar refractivity (Wildman–Crippen MR) is 98.4 cm³/mol. The maximum Gasteiger partial charge on any atom is 0.270 e. The van der Waals surface area contributed by atoms with Crippen LogP contribution in [0.15, 0.2) is 36.4 Å². The fourth-order valence-corrected chi connectivity index (χ4v) is 3.17. The molecule has 0 saturated carbocycles. The number of nitrogens with zero attached hydrogens (tertiary/aromatic N) is 3. The summed E-state index contributed by atoms with van der Waals surface area (Å²) < 4.78 is 0. The first kappa shape index (κ1) is 17.8. The van der Waals surface area contributed by atoms with Gasteiger partial charge in [0.25, 0.3) is 5.91 Å². The third-order valence-electron chi connectivity index (χ3n) is 4.39. The minimum Gasteiger partial charge on any atom is -0.368 e. The van der Waals surface area contributed by atoms with Gasteiger partial charge in [0, 0.05) is 25.2 Å². The van der Waals surface area contributed by atoms with Crippen LogP contribution >= 0.6 is 0 Å². The van der Waals surface area contributed by atoms with Crippen molar-refractivity contribution in [2.24, 2.45) is 0 Å². The van der Waals surface area contributed by atoms with Gasteiger partial charge < -0.3 is 16.0 Å². The van der Waals surface area contributed by atoms with Crippen LogP contribution in [0.4, 0.5) is 5.95 Å². The summed E-state index contributed by atoms with van der Waals surface area (Å²) in [6, 6.07) is 11.6. The average Bonchev–Trinajstić information content (AvgIpc) is 2.94. The number of amides is 2. The van der Waals surface area contributed by atoms with E-state index in [0.29, 0.717) is 25.2 Å². The molecule has 2 heterocycles. The first-order valence-corrected chi connectivity index (χ1v) is 8.75. The Morgan fingerprint density at radius 3 is 2.81 bits per heavy atom. The van der Waals surface area contributed by atoms with Gasteiger partial charge >= 0.3 is 0 Å². The van der Waals surface area contributed by atoms with Crippen molar-refractivity contribution >= 4 is 17.8 Å². The number of benzene rings is 1. The molecule has 1 saturated heterocycles. The highest BCUT2D eigenvalue weighted by atomic mass is 16.2. The molecule has 2 amide bonds. The highest BCUT2D eigenvalue weighted by Gasteiger charge is 2.30.